The maximum Gasteiger partial charge on any atom is 0.162 e. The van der Waals surface area contributed by atoms with Gasteiger partial charge >= 0.3 is 0 Å². The van der Waals surface area contributed by atoms with Crippen molar-refractivity contribution in [3.63, 3.8) is 0 Å². The highest BCUT2D eigenvalue weighted by Gasteiger charge is 2.16. The zero-order chi connectivity index (χ0) is 9.42. The summed E-state index contributed by atoms with van der Waals surface area (Å²) in [4.78, 5) is 15.3. The highest BCUT2D eigenvalue weighted by molar-refractivity contribution is 6.32. The van der Waals surface area contributed by atoms with Gasteiger partial charge in [-0.05, 0) is 18.6 Å². The van der Waals surface area contributed by atoms with Gasteiger partial charge in [0, 0.05) is 13.1 Å². The molecular weight excluding hydrogens is 188 g/mol. The second kappa shape index (κ2) is 3.09. The molecule has 13 heavy (non-hydrogen) atoms. The van der Waals surface area contributed by atoms with Crippen LogP contribution in [0.3, 0.4) is 0 Å². The maximum absolute atomic E-state index is 11.1. The minimum Gasteiger partial charge on any atom is -0.307 e. The topological polar surface area (TPSA) is 42.0 Å². The van der Waals surface area contributed by atoms with Crippen molar-refractivity contribution >= 4 is 17.4 Å². The Hall–Kier alpha value is -0.930. The highest BCUT2D eigenvalue weighted by Crippen LogP contribution is 2.21. The number of pyridine rings is 1. The number of ketones is 1. The van der Waals surface area contributed by atoms with Crippen LogP contribution in [0.2, 0.25) is 5.15 Å². The predicted molar refractivity (Wildman–Crippen MR) is 49.8 cm³/mol. The first kappa shape index (κ1) is 8.66. The van der Waals surface area contributed by atoms with Crippen LogP contribution in [0.25, 0.3) is 0 Å². The van der Waals surface area contributed by atoms with Gasteiger partial charge in [-0.15, -0.1) is 0 Å². The Morgan fingerprint density at radius 1 is 1.62 bits per heavy atom. The number of halogens is 1. The summed E-state index contributed by atoms with van der Waals surface area (Å²) >= 11 is 5.84. The van der Waals surface area contributed by atoms with E-state index in [-0.39, 0.29) is 5.78 Å². The van der Waals surface area contributed by atoms with Crippen molar-refractivity contribution in [2.75, 3.05) is 0 Å². The van der Waals surface area contributed by atoms with Gasteiger partial charge in [0.15, 0.2) is 5.78 Å². The molecular formula is C9H9ClN2O. The lowest BCUT2D eigenvalue weighted by molar-refractivity contribution is 0.101. The first-order valence-electron chi connectivity index (χ1n) is 4.08. The largest absolute Gasteiger partial charge is 0.307 e. The van der Waals surface area contributed by atoms with Gasteiger partial charge in [0.2, 0.25) is 0 Å². The summed E-state index contributed by atoms with van der Waals surface area (Å²) in [6.07, 6.45) is 0. The Morgan fingerprint density at radius 2 is 2.38 bits per heavy atom. The Labute approximate surface area is 81.1 Å². The third kappa shape index (κ3) is 1.45. The van der Waals surface area contributed by atoms with Gasteiger partial charge in [0.1, 0.15) is 5.15 Å². The number of hydrogen-bond donors (Lipinski definition) is 1. The fraction of sp³-hybridized carbons (Fsp3) is 0.333. The summed E-state index contributed by atoms with van der Waals surface area (Å²) in [7, 11) is 0. The van der Waals surface area contributed by atoms with Gasteiger partial charge in [-0.25, -0.2) is 4.98 Å². The van der Waals surface area contributed by atoms with Crippen LogP contribution in [0.4, 0.5) is 0 Å². The minimum atomic E-state index is -0.0350. The molecule has 1 aromatic heterocycles. The zero-order valence-electron chi connectivity index (χ0n) is 7.22. The SMILES string of the molecule is CC(=O)c1cc2c(nc1Cl)CNC2. The van der Waals surface area contributed by atoms with Crippen LogP contribution in [-0.4, -0.2) is 10.8 Å². The van der Waals surface area contributed by atoms with Crippen molar-refractivity contribution in [1.82, 2.24) is 10.3 Å². The molecule has 3 nitrogen and oxygen atoms in total. The summed E-state index contributed by atoms with van der Waals surface area (Å²) in [5.41, 5.74) is 2.55. The molecule has 1 aliphatic rings. The second-order valence-corrected chi connectivity index (χ2v) is 3.45. The summed E-state index contributed by atoms with van der Waals surface area (Å²) in [5.74, 6) is -0.0350. The number of hydrogen-bond acceptors (Lipinski definition) is 3. The van der Waals surface area contributed by atoms with Gasteiger partial charge in [0.25, 0.3) is 0 Å². The highest BCUT2D eigenvalue weighted by atomic mass is 35.5. The van der Waals surface area contributed by atoms with E-state index in [1.165, 1.54) is 6.92 Å². The van der Waals surface area contributed by atoms with Gasteiger partial charge in [-0.1, -0.05) is 11.6 Å². The van der Waals surface area contributed by atoms with Crippen LogP contribution >= 0.6 is 11.6 Å². The second-order valence-electron chi connectivity index (χ2n) is 3.09. The number of nitrogens with one attached hydrogen (secondary N) is 1. The van der Waals surface area contributed by atoms with Crippen molar-refractivity contribution in [2.45, 2.75) is 20.0 Å². The van der Waals surface area contributed by atoms with E-state index in [2.05, 4.69) is 10.3 Å². The van der Waals surface area contributed by atoms with E-state index in [1.54, 1.807) is 0 Å². The van der Waals surface area contributed by atoms with Crippen molar-refractivity contribution in [3.05, 3.63) is 28.0 Å². The molecule has 0 saturated heterocycles. The number of carbonyl (C=O) groups excluding carboxylic acids is 1. The molecule has 0 fully saturated rings. The molecule has 0 amide bonds. The van der Waals surface area contributed by atoms with Crippen LogP contribution in [-0.2, 0) is 13.1 Å². The minimum absolute atomic E-state index is 0.0350. The van der Waals surface area contributed by atoms with Crippen molar-refractivity contribution in [3.8, 4) is 0 Å². The molecule has 2 rings (SSSR count). The van der Waals surface area contributed by atoms with E-state index in [0.29, 0.717) is 10.7 Å². The maximum atomic E-state index is 11.1. The number of Topliss-reactive ketones (excluding diaryl/α,β-unsaturated/α-hetero) is 1. The molecule has 2 heterocycles. The van der Waals surface area contributed by atoms with E-state index in [0.717, 1.165) is 24.3 Å². The van der Waals surface area contributed by atoms with E-state index in [9.17, 15) is 4.79 Å². The molecule has 0 unspecified atom stereocenters. The van der Waals surface area contributed by atoms with Crippen molar-refractivity contribution in [1.29, 1.82) is 0 Å². The van der Waals surface area contributed by atoms with Crippen LogP contribution in [0.1, 0.15) is 28.5 Å². The number of aromatic nitrogens is 1. The average molecular weight is 197 g/mol. The molecule has 68 valence electrons. The molecule has 0 bridgehead atoms. The van der Waals surface area contributed by atoms with E-state index >= 15 is 0 Å². The van der Waals surface area contributed by atoms with E-state index in [1.807, 2.05) is 6.07 Å². The smallest absolute Gasteiger partial charge is 0.162 e. The molecule has 0 aromatic carbocycles. The third-order valence-corrected chi connectivity index (χ3v) is 2.42. The lowest BCUT2D eigenvalue weighted by Crippen LogP contribution is -2.00. The summed E-state index contributed by atoms with van der Waals surface area (Å²) in [6, 6.07) is 1.83. The monoisotopic (exact) mass is 196 g/mol. The lowest BCUT2D eigenvalue weighted by Gasteiger charge is -2.02. The molecule has 4 heteroatoms. The van der Waals surface area contributed by atoms with Gasteiger partial charge < -0.3 is 5.32 Å². The van der Waals surface area contributed by atoms with Crippen LogP contribution in [0.15, 0.2) is 6.07 Å². The summed E-state index contributed by atoms with van der Waals surface area (Å²) in [5, 5.41) is 3.46. The van der Waals surface area contributed by atoms with Crippen LogP contribution < -0.4 is 5.32 Å². The summed E-state index contributed by atoms with van der Waals surface area (Å²) in [6.45, 7) is 3.02. The lowest BCUT2D eigenvalue weighted by atomic mass is 10.1. The normalized spacial score (nSPS) is 14.3. The third-order valence-electron chi connectivity index (χ3n) is 2.13. The average Bonchev–Trinajstić information content (AvgIpc) is 2.48. The van der Waals surface area contributed by atoms with Crippen molar-refractivity contribution < 1.29 is 4.79 Å². The number of nitrogens with zero attached hydrogens (tertiary/aromatic N) is 1. The fourth-order valence-corrected chi connectivity index (χ4v) is 1.73. The first-order chi connectivity index (χ1) is 6.18. The predicted octanol–water partition coefficient (Wildman–Crippen LogP) is 1.54. The fourth-order valence-electron chi connectivity index (χ4n) is 1.44. The number of carbonyl (C=O) groups is 1. The molecule has 0 saturated carbocycles. The quantitative estimate of drug-likeness (QED) is 0.547. The van der Waals surface area contributed by atoms with E-state index in [4.69, 9.17) is 11.6 Å². The van der Waals surface area contributed by atoms with Gasteiger partial charge in [0.05, 0.1) is 11.3 Å². The Kier molecular flexibility index (Phi) is 2.06. The summed E-state index contributed by atoms with van der Waals surface area (Å²) < 4.78 is 0. The zero-order valence-corrected chi connectivity index (χ0v) is 7.98. The standard InChI is InChI=1S/C9H9ClN2O/c1-5(13)7-2-6-3-11-4-8(6)12-9(7)10/h2,11H,3-4H2,1H3. The molecule has 1 N–H and O–H groups in total. The Morgan fingerprint density at radius 3 is 3.08 bits per heavy atom. The van der Waals surface area contributed by atoms with E-state index < -0.39 is 0 Å². The molecule has 0 atom stereocenters. The molecule has 1 aliphatic heterocycles. The number of rotatable bonds is 1. The molecule has 0 aliphatic carbocycles. The first-order valence-corrected chi connectivity index (χ1v) is 4.46. The van der Waals surface area contributed by atoms with Crippen LogP contribution in [0, 0.1) is 0 Å². The molecule has 0 spiro atoms. The number of fused-ring (bicyclic) bond motifs is 1. The van der Waals surface area contributed by atoms with Crippen LogP contribution in [0.5, 0.6) is 0 Å². The molecule has 1 aromatic rings. The van der Waals surface area contributed by atoms with Gasteiger partial charge in [-0.2, -0.15) is 0 Å². The van der Waals surface area contributed by atoms with Gasteiger partial charge in [-0.3, -0.25) is 4.79 Å². The molecule has 0 radical (unpaired) electrons. The Balaban J connectivity index is 2.55. The Bertz CT molecular complexity index is 376. The van der Waals surface area contributed by atoms with Crippen molar-refractivity contribution in [2.24, 2.45) is 0 Å².